The third kappa shape index (κ3) is 5.39. The molecular weight excluding hydrogens is 392 g/mol. The highest BCUT2D eigenvalue weighted by atomic mass is 32.2. The van der Waals surface area contributed by atoms with Crippen LogP contribution in [0.3, 0.4) is 0 Å². The maximum Gasteiger partial charge on any atom is 0.234 e. The molecule has 0 radical (unpaired) electrons. The molecule has 156 valence electrons. The minimum Gasteiger partial charge on any atom is -0.325 e. The van der Waals surface area contributed by atoms with Crippen LogP contribution in [0.5, 0.6) is 0 Å². The Morgan fingerprint density at radius 2 is 1.87 bits per heavy atom. The molecule has 0 saturated carbocycles. The zero-order valence-electron chi connectivity index (χ0n) is 17.8. The predicted molar refractivity (Wildman–Crippen MR) is 125 cm³/mol. The number of nitrogens with one attached hydrogen (secondary N) is 1. The van der Waals surface area contributed by atoms with Gasteiger partial charge in [0.2, 0.25) is 5.91 Å². The van der Waals surface area contributed by atoms with E-state index >= 15 is 0 Å². The number of nitrogens with zero attached hydrogens (tertiary/aromatic N) is 3. The monoisotopic (exact) mass is 420 g/mol. The fraction of sp³-hybridized carbons (Fsp3) is 0.292. The van der Waals surface area contributed by atoms with Gasteiger partial charge >= 0.3 is 0 Å². The Bertz CT molecular complexity index is 993. The number of aromatic nitrogens is 3. The highest BCUT2D eigenvalue weighted by Crippen LogP contribution is 2.25. The first-order chi connectivity index (χ1) is 14.5. The van der Waals surface area contributed by atoms with Gasteiger partial charge in [-0.3, -0.25) is 9.36 Å². The first-order valence-corrected chi connectivity index (χ1v) is 11.1. The van der Waals surface area contributed by atoms with Crippen LogP contribution in [0.4, 0.5) is 5.69 Å². The number of allylic oxidation sites excluding steroid dienone is 1. The van der Waals surface area contributed by atoms with Gasteiger partial charge in [-0.2, -0.15) is 0 Å². The Morgan fingerprint density at radius 3 is 2.50 bits per heavy atom. The van der Waals surface area contributed by atoms with Crippen molar-refractivity contribution >= 4 is 23.4 Å². The smallest absolute Gasteiger partial charge is 0.234 e. The largest absolute Gasteiger partial charge is 0.325 e. The van der Waals surface area contributed by atoms with E-state index in [-0.39, 0.29) is 11.7 Å². The molecule has 1 N–H and O–H groups in total. The molecule has 0 aliphatic heterocycles. The van der Waals surface area contributed by atoms with Crippen LogP contribution >= 0.6 is 11.8 Å². The minimum absolute atomic E-state index is 0.0682. The molecule has 1 aromatic heterocycles. The lowest BCUT2D eigenvalue weighted by atomic mass is 9.99. The van der Waals surface area contributed by atoms with E-state index in [9.17, 15) is 4.79 Å². The quantitative estimate of drug-likeness (QED) is 0.357. The van der Waals surface area contributed by atoms with Crippen molar-refractivity contribution < 1.29 is 4.79 Å². The fourth-order valence-corrected chi connectivity index (χ4v) is 3.81. The molecule has 1 heterocycles. The van der Waals surface area contributed by atoms with Crippen molar-refractivity contribution in [2.75, 3.05) is 11.1 Å². The van der Waals surface area contributed by atoms with Crippen LogP contribution in [0.15, 0.2) is 66.3 Å². The van der Waals surface area contributed by atoms with Crippen LogP contribution in [0.1, 0.15) is 37.3 Å². The third-order valence-electron chi connectivity index (χ3n) is 5.05. The summed E-state index contributed by atoms with van der Waals surface area (Å²) in [4.78, 5) is 12.4. The molecule has 0 saturated heterocycles. The van der Waals surface area contributed by atoms with Crippen molar-refractivity contribution in [1.29, 1.82) is 0 Å². The number of benzene rings is 2. The average molecular weight is 421 g/mol. The van der Waals surface area contributed by atoms with E-state index in [2.05, 4.69) is 67.1 Å². The summed E-state index contributed by atoms with van der Waals surface area (Å²) in [7, 11) is 0. The molecule has 0 bridgehead atoms. The summed E-state index contributed by atoms with van der Waals surface area (Å²) in [5, 5.41) is 12.3. The van der Waals surface area contributed by atoms with E-state index < -0.39 is 0 Å². The van der Waals surface area contributed by atoms with E-state index in [4.69, 9.17) is 0 Å². The van der Waals surface area contributed by atoms with Gasteiger partial charge in [-0.15, -0.1) is 16.8 Å². The number of thioether (sulfide) groups is 1. The number of rotatable bonds is 9. The summed E-state index contributed by atoms with van der Waals surface area (Å²) in [5.41, 5.74) is 4.27. The minimum atomic E-state index is -0.0682. The van der Waals surface area contributed by atoms with Gasteiger partial charge in [0.1, 0.15) is 0 Å². The van der Waals surface area contributed by atoms with Gasteiger partial charge in [-0.1, -0.05) is 73.6 Å². The van der Waals surface area contributed by atoms with Gasteiger partial charge in [0.05, 0.1) is 5.75 Å². The first kappa shape index (κ1) is 21.8. The molecule has 0 aliphatic rings. The Kier molecular flexibility index (Phi) is 7.46. The standard InChI is InChI=1S/C24H28N4OS/c1-5-15-28-23(20-9-7-17(3)8-10-20)26-27-24(28)30-16-22(29)25-21-13-11-19(12-14-21)18(4)6-2/h5,7-14,18H,1,6,15-16H2,2-4H3,(H,25,29). The average Bonchev–Trinajstić information content (AvgIpc) is 3.15. The molecule has 0 aliphatic carbocycles. The predicted octanol–water partition coefficient (Wildman–Crippen LogP) is 5.68. The molecule has 1 atom stereocenters. The van der Waals surface area contributed by atoms with Crippen molar-refractivity contribution in [3.05, 3.63) is 72.3 Å². The topological polar surface area (TPSA) is 59.8 Å². The zero-order chi connectivity index (χ0) is 21.5. The molecule has 1 unspecified atom stereocenters. The highest BCUT2D eigenvalue weighted by Gasteiger charge is 2.15. The maximum atomic E-state index is 12.4. The molecule has 0 fully saturated rings. The molecule has 1 amide bonds. The summed E-state index contributed by atoms with van der Waals surface area (Å²) in [5.74, 6) is 1.49. The number of hydrogen-bond acceptors (Lipinski definition) is 4. The number of carbonyl (C=O) groups is 1. The van der Waals surface area contributed by atoms with E-state index in [1.165, 1.54) is 22.9 Å². The molecule has 5 nitrogen and oxygen atoms in total. The SMILES string of the molecule is C=CCn1c(SCC(=O)Nc2ccc(C(C)CC)cc2)nnc1-c1ccc(C)cc1. The van der Waals surface area contributed by atoms with E-state index in [1.807, 2.05) is 34.9 Å². The van der Waals surface area contributed by atoms with Crippen molar-refractivity contribution in [3.8, 4) is 11.4 Å². The van der Waals surface area contributed by atoms with Gasteiger partial charge < -0.3 is 5.32 Å². The molecular formula is C24H28N4OS. The number of carbonyl (C=O) groups excluding carboxylic acids is 1. The van der Waals surface area contributed by atoms with Gasteiger partial charge in [0, 0.05) is 17.8 Å². The van der Waals surface area contributed by atoms with Crippen LogP contribution in [0, 0.1) is 6.92 Å². The lowest BCUT2D eigenvalue weighted by Crippen LogP contribution is -2.14. The fourth-order valence-electron chi connectivity index (χ4n) is 3.06. The second kappa shape index (κ2) is 10.3. The van der Waals surface area contributed by atoms with Crippen molar-refractivity contribution in [2.24, 2.45) is 0 Å². The second-order valence-electron chi connectivity index (χ2n) is 7.34. The summed E-state index contributed by atoms with van der Waals surface area (Å²) >= 11 is 1.37. The molecule has 6 heteroatoms. The second-order valence-corrected chi connectivity index (χ2v) is 8.28. The lowest BCUT2D eigenvalue weighted by molar-refractivity contribution is -0.113. The Hall–Kier alpha value is -2.86. The van der Waals surface area contributed by atoms with Crippen LogP contribution in [0.25, 0.3) is 11.4 Å². The van der Waals surface area contributed by atoms with E-state index in [0.29, 0.717) is 17.6 Å². The summed E-state index contributed by atoms with van der Waals surface area (Å²) < 4.78 is 1.98. The summed E-state index contributed by atoms with van der Waals surface area (Å²) in [6, 6.07) is 16.2. The van der Waals surface area contributed by atoms with Gasteiger partial charge in [0.25, 0.3) is 0 Å². The highest BCUT2D eigenvalue weighted by molar-refractivity contribution is 7.99. The number of amides is 1. The Labute approximate surface area is 182 Å². The van der Waals surface area contributed by atoms with Crippen LogP contribution in [-0.2, 0) is 11.3 Å². The van der Waals surface area contributed by atoms with Crippen LogP contribution in [-0.4, -0.2) is 26.4 Å². The van der Waals surface area contributed by atoms with Gasteiger partial charge in [0.15, 0.2) is 11.0 Å². The number of anilines is 1. The third-order valence-corrected chi connectivity index (χ3v) is 6.01. The number of aryl methyl sites for hydroxylation is 1. The van der Waals surface area contributed by atoms with Crippen molar-refractivity contribution in [1.82, 2.24) is 14.8 Å². The first-order valence-electron chi connectivity index (χ1n) is 10.2. The molecule has 3 aromatic rings. The summed E-state index contributed by atoms with van der Waals surface area (Å²) in [6.45, 7) is 10.8. The van der Waals surface area contributed by atoms with E-state index in [1.54, 1.807) is 0 Å². The normalized spacial score (nSPS) is 11.8. The van der Waals surface area contributed by atoms with Crippen LogP contribution < -0.4 is 5.32 Å². The van der Waals surface area contributed by atoms with E-state index in [0.717, 1.165) is 23.5 Å². The van der Waals surface area contributed by atoms with Crippen molar-refractivity contribution in [3.63, 3.8) is 0 Å². The van der Waals surface area contributed by atoms with Gasteiger partial charge in [-0.25, -0.2) is 0 Å². The van der Waals surface area contributed by atoms with Gasteiger partial charge in [-0.05, 0) is 37.0 Å². The lowest BCUT2D eigenvalue weighted by Gasteiger charge is -2.11. The maximum absolute atomic E-state index is 12.4. The zero-order valence-corrected chi connectivity index (χ0v) is 18.6. The molecule has 2 aromatic carbocycles. The Balaban J connectivity index is 1.65. The van der Waals surface area contributed by atoms with Crippen LogP contribution in [0.2, 0.25) is 0 Å². The summed E-state index contributed by atoms with van der Waals surface area (Å²) in [6.07, 6.45) is 2.91. The molecule has 3 rings (SSSR count). The Morgan fingerprint density at radius 1 is 1.17 bits per heavy atom. The molecule has 30 heavy (non-hydrogen) atoms. The van der Waals surface area contributed by atoms with Crippen molar-refractivity contribution in [2.45, 2.75) is 44.8 Å². The number of hydrogen-bond donors (Lipinski definition) is 1. The molecule has 0 spiro atoms.